The minimum absolute atomic E-state index is 0.561. The number of methoxy groups -OCH3 is 1. The molecule has 1 saturated heterocycles. The molecule has 1 aliphatic heterocycles. The lowest BCUT2D eigenvalue weighted by Crippen LogP contribution is -3.27. The standard InChI is InChI=1S/C26H34N2O2/c1-29-25-13-12-24(18-26(25)30-21-23-10-6-3-7-11-23)20-28-16-14-27(15-17-28)19-22-8-4-2-5-9-22/h2-4,6-7,10-13,18,22H,5,8-9,14-17,19-21H2,1H3/p+2/t22-/m0/s1. The number of ether oxygens (including phenoxy) is 2. The van der Waals surface area contributed by atoms with Crippen molar-refractivity contribution in [2.45, 2.75) is 32.4 Å². The van der Waals surface area contributed by atoms with Crippen LogP contribution in [-0.2, 0) is 13.2 Å². The van der Waals surface area contributed by atoms with E-state index in [1.54, 1.807) is 16.9 Å². The molecule has 0 aromatic heterocycles. The molecule has 160 valence electrons. The third-order valence-electron chi connectivity index (χ3n) is 6.54. The molecule has 0 amide bonds. The maximum Gasteiger partial charge on any atom is 0.162 e. The Balaban J connectivity index is 1.29. The van der Waals surface area contributed by atoms with E-state index in [9.17, 15) is 0 Å². The summed E-state index contributed by atoms with van der Waals surface area (Å²) >= 11 is 0. The van der Waals surface area contributed by atoms with Gasteiger partial charge in [0.05, 0.1) is 13.7 Å². The van der Waals surface area contributed by atoms with Gasteiger partial charge in [-0.1, -0.05) is 42.5 Å². The second-order valence-electron chi connectivity index (χ2n) is 8.79. The van der Waals surface area contributed by atoms with E-state index in [1.807, 2.05) is 24.3 Å². The molecule has 2 aromatic carbocycles. The number of benzene rings is 2. The molecule has 4 heteroatoms. The number of hydrogen-bond acceptors (Lipinski definition) is 2. The lowest BCUT2D eigenvalue weighted by molar-refractivity contribution is -1.02. The van der Waals surface area contributed by atoms with Gasteiger partial charge in [-0.05, 0) is 43.0 Å². The summed E-state index contributed by atoms with van der Waals surface area (Å²) in [5.74, 6) is 2.55. The zero-order valence-electron chi connectivity index (χ0n) is 18.2. The fourth-order valence-corrected chi connectivity index (χ4v) is 4.76. The van der Waals surface area contributed by atoms with Gasteiger partial charge in [0.2, 0.25) is 0 Å². The van der Waals surface area contributed by atoms with Crippen LogP contribution in [0.25, 0.3) is 0 Å². The highest BCUT2D eigenvalue weighted by atomic mass is 16.5. The average Bonchev–Trinajstić information content (AvgIpc) is 2.80. The van der Waals surface area contributed by atoms with Crippen LogP contribution in [0.5, 0.6) is 11.5 Å². The molecule has 0 radical (unpaired) electrons. The third kappa shape index (κ3) is 5.87. The van der Waals surface area contributed by atoms with Crippen LogP contribution in [0.1, 0.15) is 30.4 Å². The molecule has 0 saturated carbocycles. The van der Waals surface area contributed by atoms with Gasteiger partial charge in [0.1, 0.15) is 39.3 Å². The molecule has 1 heterocycles. The minimum Gasteiger partial charge on any atom is -0.493 e. The lowest BCUT2D eigenvalue weighted by atomic mass is 9.94. The van der Waals surface area contributed by atoms with Gasteiger partial charge in [-0.3, -0.25) is 0 Å². The predicted molar refractivity (Wildman–Crippen MR) is 120 cm³/mol. The van der Waals surface area contributed by atoms with E-state index in [2.05, 4.69) is 36.4 Å². The Bertz CT molecular complexity index is 813. The van der Waals surface area contributed by atoms with Crippen molar-refractivity contribution in [1.29, 1.82) is 0 Å². The predicted octanol–water partition coefficient (Wildman–Crippen LogP) is 1.91. The van der Waals surface area contributed by atoms with Gasteiger partial charge >= 0.3 is 0 Å². The van der Waals surface area contributed by atoms with Crippen LogP contribution in [0.15, 0.2) is 60.7 Å². The van der Waals surface area contributed by atoms with Crippen molar-refractivity contribution in [2.75, 3.05) is 39.8 Å². The van der Waals surface area contributed by atoms with Gasteiger partial charge in [-0.25, -0.2) is 0 Å². The fourth-order valence-electron chi connectivity index (χ4n) is 4.76. The smallest absolute Gasteiger partial charge is 0.162 e. The summed E-state index contributed by atoms with van der Waals surface area (Å²) in [6.45, 7) is 8.08. The zero-order chi connectivity index (χ0) is 20.6. The Morgan fingerprint density at radius 1 is 0.867 bits per heavy atom. The van der Waals surface area contributed by atoms with Crippen molar-refractivity contribution in [3.8, 4) is 11.5 Å². The monoisotopic (exact) mass is 408 g/mol. The Kier molecular flexibility index (Phi) is 7.44. The van der Waals surface area contributed by atoms with Crippen molar-refractivity contribution in [3.05, 3.63) is 71.8 Å². The first-order valence-electron chi connectivity index (χ1n) is 11.5. The molecule has 1 atom stereocenters. The van der Waals surface area contributed by atoms with Gasteiger partial charge in [-0.15, -0.1) is 0 Å². The highest BCUT2D eigenvalue weighted by molar-refractivity contribution is 5.43. The third-order valence-corrected chi connectivity index (χ3v) is 6.54. The summed E-state index contributed by atoms with van der Waals surface area (Å²) in [4.78, 5) is 3.49. The van der Waals surface area contributed by atoms with Crippen LogP contribution < -0.4 is 19.3 Å². The molecule has 4 rings (SSSR count). The Labute approximate surface area is 181 Å². The van der Waals surface area contributed by atoms with Gasteiger partial charge in [-0.2, -0.15) is 0 Å². The first kappa shape index (κ1) is 21.0. The normalized spacial score (nSPS) is 23.8. The first-order valence-corrected chi connectivity index (χ1v) is 11.5. The van der Waals surface area contributed by atoms with Crippen LogP contribution in [0.3, 0.4) is 0 Å². The Morgan fingerprint density at radius 3 is 2.40 bits per heavy atom. The molecule has 2 aliphatic rings. The number of piperazine rings is 1. The van der Waals surface area contributed by atoms with Gasteiger partial charge in [0, 0.05) is 11.5 Å². The molecule has 4 nitrogen and oxygen atoms in total. The van der Waals surface area contributed by atoms with E-state index < -0.39 is 0 Å². The fraction of sp³-hybridized carbons (Fsp3) is 0.462. The van der Waals surface area contributed by atoms with Crippen molar-refractivity contribution < 1.29 is 19.3 Å². The SMILES string of the molecule is COc1ccc(C[NH+]2CC[NH+](C[C@H]3CC=CCC3)CC2)cc1OCc1ccccc1. The lowest BCUT2D eigenvalue weighted by Gasteiger charge is -2.32. The summed E-state index contributed by atoms with van der Waals surface area (Å²) in [5, 5.41) is 0. The van der Waals surface area contributed by atoms with Gasteiger partial charge in [0.15, 0.2) is 11.5 Å². The first-order chi connectivity index (χ1) is 14.8. The molecule has 1 aliphatic carbocycles. The quantitative estimate of drug-likeness (QED) is 0.653. The summed E-state index contributed by atoms with van der Waals surface area (Å²) in [5.41, 5.74) is 2.50. The molecular weight excluding hydrogens is 372 g/mol. The largest absolute Gasteiger partial charge is 0.493 e. The van der Waals surface area contributed by atoms with E-state index in [0.717, 1.165) is 24.0 Å². The zero-order valence-corrected chi connectivity index (χ0v) is 18.2. The molecule has 2 N–H and O–H groups in total. The van der Waals surface area contributed by atoms with Gasteiger partial charge < -0.3 is 19.3 Å². The summed E-state index contributed by atoms with van der Waals surface area (Å²) < 4.78 is 11.6. The number of quaternary nitrogens is 2. The van der Waals surface area contributed by atoms with Crippen LogP contribution in [0.4, 0.5) is 0 Å². The number of nitrogens with one attached hydrogen (secondary N) is 2. The van der Waals surface area contributed by atoms with Crippen LogP contribution >= 0.6 is 0 Å². The van der Waals surface area contributed by atoms with Gasteiger partial charge in [0.25, 0.3) is 0 Å². The van der Waals surface area contributed by atoms with E-state index in [0.29, 0.717) is 6.61 Å². The maximum absolute atomic E-state index is 6.10. The second-order valence-corrected chi connectivity index (χ2v) is 8.79. The summed E-state index contributed by atoms with van der Waals surface area (Å²) in [6, 6.07) is 16.7. The Morgan fingerprint density at radius 2 is 1.67 bits per heavy atom. The van der Waals surface area contributed by atoms with Crippen LogP contribution in [-0.4, -0.2) is 39.8 Å². The van der Waals surface area contributed by atoms with Crippen LogP contribution in [0, 0.1) is 5.92 Å². The highest BCUT2D eigenvalue weighted by Crippen LogP contribution is 2.28. The van der Waals surface area contributed by atoms with E-state index in [4.69, 9.17) is 9.47 Å². The Hall–Kier alpha value is -2.30. The molecule has 1 fully saturated rings. The molecule has 0 bridgehead atoms. The van der Waals surface area contributed by atoms with Crippen molar-refractivity contribution in [3.63, 3.8) is 0 Å². The van der Waals surface area contributed by atoms with Crippen LogP contribution in [0.2, 0.25) is 0 Å². The molecule has 0 spiro atoms. The molecule has 30 heavy (non-hydrogen) atoms. The average molecular weight is 409 g/mol. The number of rotatable bonds is 8. The number of allylic oxidation sites excluding steroid dienone is 2. The topological polar surface area (TPSA) is 27.3 Å². The second kappa shape index (κ2) is 10.6. The van der Waals surface area contributed by atoms with Crippen molar-refractivity contribution >= 4 is 0 Å². The molecule has 2 aromatic rings. The van der Waals surface area contributed by atoms with E-state index in [-0.39, 0.29) is 0 Å². The summed E-state index contributed by atoms with van der Waals surface area (Å²) in [7, 11) is 1.71. The van der Waals surface area contributed by atoms with E-state index in [1.165, 1.54) is 63.1 Å². The van der Waals surface area contributed by atoms with Crippen molar-refractivity contribution in [1.82, 2.24) is 0 Å². The van der Waals surface area contributed by atoms with E-state index >= 15 is 0 Å². The highest BCUT2D eigenvalue weighted by Gasteiger charge is 2.26. The maximum atomic E-state index is 6.10. The summed E-state index contributed by atoms with van der Waals surface area (Å²) in [6.07, 6.45) is 8.68. The molecule has 0 unspecified atom stereocenters. The number of hydrogen-bond donors (Lipinski definition) is 2. The molecular formula is C26H36N2O2+2. The minimum atomic E-state index is 0.561. The van der Waals surface area contributed by atoms with Crippen molar-refractivity contribution in [2.24, 2.45) is 5.92 Å².